The molecule has 2 rings (SSSR count). The zero-order valence-corrected chi connectivity index (χ0v) is 10.9. The number of rotatable bonds is 6. The molecule has 2 aromatic rings. The minimum atomic E-state index is -0.772. The van der Waals surface area contributed by atoms with Gasteiger partial charge < -0.3 is 14.9 Å². The van der Waals surface area contributed by atoms with Gasteiger partial charge in [-0.1, -0.05) is 5.16 Å². The number of carbonyl (C=O) groups is 1. The van der Waals surface area contributed by atoms with Crippen molar-refractivity contribution in [1.29, 1.82) is 0 Å². The average Bonchev–Trinajstić information content (AvgIpc) is 2.72. The zero-order chi connectivity index (χ0) is 13.8. The highest BCUT2D eigenvalue weighted by atomic mass is 16.5. The van der Waals surface area contributed by atoms with Crippen LogP contribution in [0, 0.1) is 6.92 Å². The van der Waals surface area contributed by atoms with Crippen LogP contribution in [0.3, 0.4) is 0 Å². The third kappa shape index (κ3) is 3.18. The minimum absolute atomic E-state index is 0.117. The normalized spacial score (nSPS) is 12.5. The number of carboxylic acids is 1. The lowest BCUT2D eigenvalue weighted by Gasteiger charge is -2.14. The Kier molecular flexibility index (Phi) is 3.94. The summed E-state index contributed by atoms with van der Waals surface area (Å²) in [6.45, 7) is 3.81. The number of hydrogen-bond acceptors (Lipinski definition) is 6. The van der Waals surface area contributed by atoms with Crippen molar-refractivity contribution in [3.63, 3.8) is 0 Å². The molecular weight excluding hydrogens is 248 g/mol. The van der Waals surface area contributed by atoms with Crippen molar-refractivity contribution < 1.29 is 14.4 Å². The van der Waals surface area contributed by atoms with E-state index in [1.165, 1.54) is 6.33 Å². The van der Waals surface area contributed by atoms with Crippen molar-refractivity contribution in [3.05, 3.63) is 12.0 Å². The summed E-state index contributed by atoms with van der Waals surface area (Å²) in [5.74, 6) is -0.0990. The molecule has 7 nitrogen and oxygen atoms in total. The Labute approximate surface area is 110 Å². The molecular formula is C12H16N4O3. The number of nitrogens with zero attached hydrogens (tertiary/aromatic N) is 3. The van der Waals surface area contributed by atoms with E-state index in [-0.39, 0.29) is 12.5 Å². The Balaban J connectivity index is 2.04. The van der Waals surface area contributed by atoms with Gasteiger partial charge in [-0.3, -0.25) is 4.79 Å². The highest BCUT2D eigenvalue weighted by molar-refractivity contribution is 5.87. The van der Waals surface area contributed by atoms with Crippen molar-refractivity contribution in [2.45, 2.75) is 39.2 Å². The SMILES string of the molecule is Cc1noc2ncnc(NC(C)CCCC(=O)O)c12. The number of anilines is 1. The van der Waals surface area contributed by atoms with Crippen LogP contribution in [0.5, 0.6) is 0 Å². The van der Waals surface area contributed by atoms with E-state index in [9.17, 15) is 4.79 Å². The molecule has 1 atom stereocenters. The fraction of sp³-hybridized carbons (Fsp3) is 0.500. The monoisotopic (exact) mass is 264 g/mol. The van der Waals surface area contributed by atoms with Gasteiger partial charge in [0, 0.05) is 12.5 Å². The lowest BCUT2D eigenvalue weighted by molar-refractivity contribution is -0.137. The Hall–Kier alpha value is -2.18. The van der Waals surface area contributed by atoms with Gasteiger partial charge in [0.15, 0.2) is 0 Å². The molecule has 2 N–H and O–H groups in total. The summed E-state index contributed by atoms with van der Waals surface area (Å²) in [4.78, 5) is 18.6. The number of carboxylic acid groups (broad SMARTS) is 1. The number of hydrogen-bond donors (Lipinski definition) is 2. The molecule has 0 fully saturated rings. The van der Waals surface area contributed by atoms with E-state index in [1.807, 2.05) is 13.8 Å². The first kappa shape index (κ1) is 13.3. The number of aryl methyl sites for hydroxylation is 1. The fourth-order valence-electron chi connectivity index (χ4n) is 1.90. The minimum Gasteiger partial charge on any atom is -0.481 e. The van der Waals surface area contributed by atoms with Crippen LogP contribution in [0.4, 0.5) is 5.82 Å². The molecule has 102 valence electrons. The molecule has 2 heterocycles. The van der Waals surface area contributed by atoms with Gasteiger partial charge in [0.1, 0.15) is 17.5 Å². The fourth-order valence-corrected chi connectivity index (χ4v) is 1.90. The van der Waals surface area contributed by atoms with Crippen LogP contribution in [0.2, 0.25) is 0 Å². The van der Waals surface area contributed by atoms with Crippen LogP contribution >= 0.6 is 0 Å². The van der Waals surface area contributed by atoms with E-state index in [4.69, 9.17) is 9.63 Å². The van der Waals surface area contributed by atoms with Gasteiger partial charge in [-0.05, 0) is 26.7 Å². The van der Waals surface area contributed by atoms with Gasteiger partial charge in [0.25, 0.3) is 5.71 Å². The van der Waals surface area contributed by atoms with E-state index < -0.39 is 5.97 Å². The summed E-state index contributed by atoms with van der Waals surface area (Å²) >= 11 is 0. The molecule has 2 aromatic heterocycles. The highest BCUT2D eigenvalue weighted by Crippen LogP contribution is 2.23. The van der Waals surface area contributed by atoms with Crippen molar-refractivity contribution in [1.82, 2.24) is 15.1 Å². The summed E-state index contributed by atoms with van der Waals surface area (Å²) < 4.78 is 5.06. The maximum atomic E-state index is 10.5. The van der Waals surface area contributed by atoms with Crippen LogP contribution in [-0.2, 0) is 4.79 Å². The average molecular weight is 264 g/mol. The number of fused-ring (bicyclic) bond motifs is 1. The van der Waals surface area contributed by atoms with Crippen molar-refractivity contribution in [2.75, 3.05) is 5.32 Å². The second-order valence-electron chi connectivity index (χ2n) is 4.50. The first-order chi connectivity index (χ1) is 9.08. The van der Waals surface area contributed by atoms with Gasteiger partial charge in [0.05, 0.1) is 5.69 Å². The molecule has 0 saturated heterocycles. The summed E-state index contributed by atoms with van der Waals surface area (Å²) in [5.41, 5.74) is 1.18. The van der Waals surface area contributed by atoms with Gasteiger partial charge >= 0.3 is 5.97 Å². The van der Waals surface area contributed by atoms with Gasteiger partial charge in [-0.2, -0.15) is 4.98 Å². The smallest absolute Gasteiger partial charge is 0.303 e. The van der Waals surface area contributed by atoms with Crippen LogP contribution in [0.1, 0.15) is 31.9 Å². The van der Waals surface area contributed by atoms with Gasteiger partial charge in [-0.15, -0.1) is 0 Å². The lowest BCUT2D eigenvalue weighted by atomic mass is 10.1. The topological polar surface area (TPSA) is 101 Å². The zero-order valence-electron chi connectivity index (χ0n) is 10.9. The Morgan fingerprint density at radius 3 is 3.05 bits per heavy atom. The predicted molar refractivity (Wildman–Crippen MR) is 68.9 cm³/mol. The third-order valence-electron chi connectivity index (χ3n) is 2.85. The molecule has 0 spiro atoms. The third-order valence-corrected chi connectivity index (χ3v) is 2.85. The molecule has 7 heteroatoms. The molecule has 19 heavy (non-hydrogen) atoms. The van der Waals surface area contributed by atoms with E-state index >= 15 is 0 Å². The molecule has 0 aromatic carbocycles. The summed E-state index contributed by atoms with van der Waals surface area (Å²) in [7, 11) is 0. The highest BCUT2D eigenvalue weighted by Gasteiger charge is 2.13. The maximum absolute atomic E-state index is 10.5. The standard InChI is InChI=1S/C12H16N4O3/c1-7(4-3-5-9(17)18)15-11-10-8(2)16-19-12(10)14-6-13-11/h6-7H,3-5H2,1-2H3,(H,17,18)(H,13,14,15). The Morgan fingerprint density at radius 1 is 1.53 bits per heavy atom. The van der Waals surface area contributed by atoms with E-state index in [2.05, 4.69) is 20.4 Å². The summed E-state index contributed by atoms with van der Waals surface area (Å²) in [5, 5.41) is 16.5. The van der Waals surface area contributed by atoms with Crippen LogP contribution in [0.15, 0.2) is 10.9 Å². The van der Waals surface area contributed by atoms with Crippen molar-refractivity contribution >= 4 is 22.9 Å². The number of aromatic nitrogens is 3. The first-order valence-electron chi connectivity index (χ1n) is 6.13. The molecule has 0 radical (unpaired) electrons. The van der Waals surface area contributed by atoms with Crippen molar-refractivity contribution in [2.24, 2.45) is 0 Å². The molecule has 0 aliphatic rings. The molecule has 0 aliphatic carbocycles. The lowest BCUT2D eigenvalue weighted by Crippen LogP contribution is -2.16. The first-order valence-corrected chi connectivity index (χ1v) is 6.13. The largest absolute Gasteiger partial charge is 0.481 e. The summed E-state index contributed by atoms with van der Waals surface area (Å²) in [6, 6.07) is 0.117. The van der Waals surface area contributed by atoms with Crippen LogP contribution in [-0.4, -0.2) is 32.2 Å². The van der Waals surface area contributed by atoms with E-state index in [0.29, 0.717) is 18.0 Å². The predicted octanol–water partition coefficient (Wildman–Crippen LogP) is 1.98. The molecule has 0 bridgehead atoms. The molecule has 0 saturated carbocycles. The number of nitrogens with one attached hydrogen (secondary N) is 1. The Bertz CT molecular complexity index is 581. The Morgan fingerprint density at radius 2 is 2.32 bits per heavy atom. The van der Waals surface area contributed by atoms with E-state index in [1.54, 1.807) is 0 Å². The van der Waals surface area contributed by atoms with Gasteiger partial charge in [0.2, 0.25) is 0 Å². The molecule has 1 unspecified atom stereocenters. The quantitative estimate of drug-likeness (QED) is 0.822. The second-order valence-corrected chi connectivity index (χ2v) is 4.50. The van der Waals surface area contributed by atoms with E-state index in [0.717, 1.165) is 17.5 Å². The summed E-state index contributed by atoms with van der Waals surface area (Å²) in [6.07, 6.45) is 2.97. The maximum Gasteiger partial charge on any atom is 0.303 e. The van der Waals surface area contributed by atoms with Gasteiger partial charge in [-0.25, -0.2) is 4.98 Å². The second kappa shape index (κ2) is 5.64. The van der Waals surface area contributed by atoms with Crippen LogP contribution < -0.4 is 5.32 Å². The van der Waals surface area contributed by atoms with Crippen molar-refractivity contribution in [3.8, 4) is 0 Å². The van der Waals surface area contributed by atoms with Crippen LogP contribution in [0.25, 0.3) is 11.1 Å². The number of aliphatic carboxylic acids is 1. The molecule has 0 amide bonds. The molecule has 0 aliphatic heterocycles.